The molecule has 7 nitrogen and oxygen atoms in total. The third-order valence-electron chi connectivity index (χ3n) is 10.9. The molecule has 0 saturated heterocycles. The average Bonchev–Trinajstić information content (AvgIpc) is 3.79. The smallest absolute Gasteiger partial charge is 0.188 e. The van der Waals surface area contributed by atoms with Crippen molar-refractivity contribution >= 4 is 40.1 Å². The fraction of sp³-hybridized carbons (Fsp3) is 0.514. The van der Waals surface area contributed by atoms with Crippen molar-refractivity contribution in [3.8, 4) is 27.3 Å². The van der Waals surface area contributed by atoms with Crippen LogP contribution in [0.5, 0.6) is 5.75 Å². The second kappa shape index (κ2) is 13.4. The lowest BCUT2D eigenvalue weighted by molar-refractivity contribution is -0.0767. The van der Waals surface area contributed by atoms with Crippen molar-refractivity contribution in [2.24, 2.45) is 33.4 Å². The summed E-state index contributed by atoms with van der Waals surface area (Å²) in [7, 11) is 1.71. The molecule has 6 N–H and O–H groups in total. The summed E-state index contributed by atoms with van der Waals surface area (Å²) in [6.45, 7) is 3.99. The number of guanidine groups is 1. The Morgan fingerprint density at radius 1 is 1.11 bits per heavy atom. The number of benzene rings is 1. The second-order valence-corrected chi connectivity index (χ2v) is 15.9. The van der Waals surface area contributed by atoms with Gasteiger partial charge in [0.2, 0.25) is 0 Å². The van der Waals surface area contributed by atoms with Gasteiger partial charge in [0, 0.05) is 47.1 Å². The number of fused-ring (bicyclic) bond motifs is 1. The first-order valence-corrected chi connectivity index (χ1v) is 18.2. The van der Waals surface area contributed by atoms with Crippen LogP contribution in [-0.2, 0) is 6.42 Å². The van der Waals surface area contributed by atoms with E-state index in [-0.39, 0.29) is 28.5 Å². The number of rotatable bonds is 10. The van der Waals surface area contributed by atoms with Gasteiger partial charge in [-0.15, -0.1) is 28.6 Å². The van der Waals surface area contributed by atoms with Gasteiger partial charge in [0.25, 0.3) is 0 Å². The van der Waals surface area contributed by atoms with Crippen LogP contribution in [0.4, 0.5) is 5.69 Å². The number of phenols is 1. The minimum absolute atomic E-state index is 0.00433. The Labute approximate surface area is 280 Å². The lowest BCUT2D eigenvalue weighted by Crippen LogP contribution is -2.60. The predicted molar refractivity (Wildman–Crippen MR) is 190 cm³/mol. The number of anilines is 1. The van der Waals surface area contributed by atoms with Crippen LogP contribution in [0, 0.1) is 34.5 Å². The number of phenolic OH excluding ortho intramolecular Hbond substituents is 1. The highest BCUT2D eigenvalue weighted by molar-refractivity contribution is 7.23. The van der Waals surface area contributed by atoms with Crippen LogP contribution in [0.25, 0.3) is 9.75 Å². The van der Waals surface area contributed by atoms with Crippen LogP contribution in [0.2, 0.25) is 0 Å². The van der Waals surface area contributed by atoms with Crippen LogP contribution in [0.3, 0.4) is 0 Å². The number of aromatic hydroxyl groups is 1. The first-order valence-electron chi connectivity index (χ1n) is 16.6. The number of ketones is 1. The van der Waals surface area contributed by atoms with Gasteiger partial charge in [-0.2, -0.15) is 0 Å². The SMILES string of the molecule is CC#Cc1ccc(-c2ccc(C(=O)C3CCC4(C(Cc5cc(O)cc(NCC(C)O)c5)NC(N)=NC)CCC5CCCC53C4)s2)s1. The van der Waals surface area contributed by atoms with Crippen molar-refractivity contribution in [2.45, 2.75) is 83.8 Å². The van der Waals surface area contributed by atoms with Gasteiger partial charge in [0.05, 0.1) is 15.9 Å². The molecule has 6 atom stereocenters. The largest absolute Gasteiger partial charge is 0.508 e. The molecule has 3 aromatic rings. The number of carbonyl (C=O) groups excluding carboxylic acids is 1. The Bertz CT molecular complexity index is 1670. The molecule has 0 aliphatic heterocycles. The van der Waals surface area contributed by atoms with Crippen molar-refractivity contribution in [3.05, 3.63) is 57.8 Å². The van der Waals surface area contributed by atoms with Crippen molar-refractivity contribution in [2.75, 3.05) is 18.9 Å². The Hall–Kier alpha value is -3.32. The molecule has 3 aliphatic carbocycles. The van der Waals surface area contributed by atoms with Gasteiger partial charge < -0.3 is 26.6 Å². The van der Waals surface area contributed by atoms with E-state index in [1.54, 1.807) is 42.7 Å². The average molecular weight is 659 g/mol. The van der Waals surface area contributed by atoms with E-state index < -0.39 is 6.10 Å². The molecule has 2 aromatic heterocycles. The summed E-state index contributed by atoms with van der Waals surface area (Å²) in [4.78, 5) is 23.0. The molecule has 0 amide bonds. The molecule has 46 heavy (non-hydrogen) atoms. The normalized spacial score (nSPS) is 26.8. The molecule has 6 rings (SSSR count). The second-order valence-electron chi connectivity index (χ2n) is 13.7. The topological polar surface area (TPSA) is 120 Å². The van der Waals surface area contributed by atoms with Crippen molar-refractivity contribution in [1.82, 2.24) is 5.32 Å². The number of hydrogen-bond acceptors (Lipinski definition) is 7. The minimum Gasteiger partial charge on any atom is -0.508 e. The monoisotopic (exact) mass is 658 g/mol. The summed E-state index contributed by atoms with van der Waals surface area (Å²) >= 11 is 3.31. The molecule has 9 heteroatoms. The Kier molecular flexibility index (Phi) is 9.52. The fourth-order valence-corrected chi connectivity index (χ4v) is 10.9. The number of nitrogens with one attached hydrogen (secondary N) is 2. The Balaban J connectivity index is 1.28. The van der Waals surface area contributed by atoms with E-state index in [0.717, 1.165) is 64.4 Å². The van der Waals surface area contributed by atoms with Gasteiger partial charge in [-0.05, 0) is 124 Å². The third-order valence-corrected chi connectivity index (χ3v) is 13.2. The summed E-state index contributed by atoms with van der Waals surface area (Å²) in [5.41, 5.74) is 8.08. The zero-order valence-corrected chi connectivity index (χ0v) is 28.7. The van der Waals surface area contributed by atoms with Gasteiger partial charge in [0.1, 0.15) is 5.75 Å². The third kappa shape index (κ3) is 6.45. The number of hydrogen-bond donors (Lipinski definition) is 5. The van der Waals surface area contributed by atoms with Crippen LogP contribution in [0.15, 0.2) is 47.5 Å². The number of aliphatic hydroxyl groups is 1. The molecule has 3 aliphatic rings. The van der Waals surface area contributed by atoms with E-state index in [0.29, 0.717) is 30.6 Å². The van der Waals surface area contributed by atoms with Gasteiger partial charge >= 0.3 is 0 Å². The van der Waals surface area contributed by atoms with Gasteiger partial charge in [-0.1, -0.05) is 12.3 Å². The van der Waals surface area contributed by atoms with E-state index in [2.05, 4.69) is 51.7 Å². The maximum atomic E-state index is 14.4. The quantitative estimate of drug-likeness (QED) is 0.0690. The zero-order valence-electron chi connectivity index (χ0n) is 27.1. The van der Waals surface area contributed by atoms with E-state index in [4.69, 9.17) is 5.73 Å². The maximum Gasteiger partial charge on any atom is 0.188 e. The number of carbonyl (C=O) groups is 1. The molecule has 6 unspecified atom stereocenters. The molecule has 3 fully saturated rings. The first-order chi connectivity index (χ1) is 22.1. The Morgan fingerprint density at radius 2 is 1.89 bits per heavy atom. The van der Waals surface area contributed by atoms with E-state index in [1.807, 2.05) is 19.1 Å². The number of nitrogens with zero attached hydrogens (tertiary/aromatic N) is 1. The fourth-order valence-electron chi connectivity index (χ4n) is 8.91. The highest BCUT2D eigenvalue weighted by atomic mass is 32.1. The van der Waals surface area contributed by atoms with Gasteiger partial charge in [-0.3, -0.25) is 9.79 Å². The first kappa shape index (κ1) is 32.6. The highest BCUT2D eigenvalue weighted by Crippen LogP contribution is 2.67. The summed E-state index contributed by atoms with van der Waals surface area (Å²) < 4.78 is 0. The zero-order chi connectivity index (χ0) is 32.5. The summed E-state index contributed by atoms with van der Waals surface area (Å²) in [5, 5.41) is 27.2. The van der Waals surface area contributed by atoms with E-state index in [1.165, 1.54) is 17.7 Å². The summed E-state index contributed by atoms with van der Waals surface area (Å²) in [6.07, 6.45) is 8.69. The number of thiophene rings is 2. The van der Waals surface area contributed by atoms with Crippen molar-refractivity contribution < 1.29 is 15.0 Å². The lowest BCUT2D eigenvalue weighted by Gasteiger charge is -2.60. The maximum absolute atomic E-state index is 14.4. The standard InChI is InChI=1S/C37H46N4O3S2/c1-4-6-28-8-9-30(45-28)31-10-11-32(46-31)34(44)29-13-16-36(15-12-25-7-5-14-37(25,29)22-36)33(41-35(38)39-3)19-24-17-26(20-27(43)18-24)40-21-23(2)42/h8-11,17-18,20,23,25,29,33,40,42-43H,5,7,12-16,19,21-22H2,1-3H3,(H3,38,39,41). The predicted octanol–water partition coefficient (Wildman–Crippen LogP) is 7.04. The molecular formula is C37H46N4O3S2. The number of aliphatic hydroxyl groups excluding tert-OH is 1. The van der Waals surface area contributed by atoms with Crippen LogP contribution in [-0.4, -0.2) is 47.7 Å². The lowest BCUT2D eigenvalue weighted by atomic mass is 9.45. The molecule has 1 aromatic carbocycles. The van der Waals surface area contributed by atoms with Gasteiger partial charge in [0.15, 0.2) is 11.7 Å². The molecule has 2 heterocycles. The molecule has 0 radical (unpaired) electrons. The van der Waals surface area contributed by atoms with Crippen molar-refractivity contribution in [1.29, 1.82) is 0 Å². The number of nitrogens with two attached hydrogens (primary N) is 1. The molecule has 244 valence electrons. The number of aliphatic imine (C=N–C) groups is 1. The molecule has 3 saturated carbocycles. The Morgan fingerprint density at radius 3 is 2.67 bits per heavy atom. The summed E-state index contributed by atoms with van der Waals surface area (Å²) in [6, 6.07) is 13.9. The molecule has 1 spiro atoms. The highest BCUT2D eigenvalue weighted by Gasteiger charge is 2.62. The van der Waals surface area contributed by atoms with Crippen LogP contribution >= 0.6 is 22.7 Å². The van der Waals surface area contributed by atoms with Gasteiger partial charge in [-0.25, -0.2) is 0 Å². The minimum atomic E-state index is -0.500. The van der Waals surface area contributed by atoms with Crippen LogP contribution in [0.1, 0.15) is 85.3 Å². The number of Topliss-reactive ketones (excluding diaryl/α,β-unsaturated/α-hetero) is 1. The molecular weight excluding hydrogens is 613 g/mol. The van der Waals surface area contributed by atoms with Crippen molar-refractivity contribution in [3.63, 3.8) is 0 Å². The van der Waals surface area contributed by atoms with E-state index >= 15 is 0 Å². The van der Waals surface area contributed by atoms with E-state index in [9.17, 15) is 15.0 Å². The summed E-state index contributed by atoms with van der Waals surface area (Å²) in [5.74, 6) is 7.65. The molecule has 2 bridgehead atoms. The van der Waals surface area contributed by atoms with Crippen LogP contribution < -0.4 is 16.4 Å².